The van der Waals surface area contributed by atoms with Crippen molar-refractivity contribution in [1.82, 2.24) is 0 Å². The summed E-state index contributed by atoms with van der Waals surface area (Å²) < 4.78 is 5.24. The maximum Gasteiger partial charge on any atom is 0.210 e. The molecule has 0 aliphatic carbocycles. The molecule has 1 aliphatic rings. The predicted octanol–water partition coefficient (Wildman–Crippen LogP) is 1.06. The Hall–Kier alpha value is -0.990. The zero-order chi connectivity index (χ0) is 8.10. The number of aliphatic imine (C=N–C) groups is 1. The van der Waals surface area contributed by atoms with Crippen LogP contribution < -0.4 is 5.73 Å². The van der Waals surface area contributed by atoms with Gasteiger partial charge in [0.1, 0.15) is 0 Å². The Labute approximate surface area is 66.9 Å². The summed E-state index contributed by atoms with van der Waals surface area (Å²) in [5.74, 6) is 0.690. The van der Waals surface area contributed by atoms with E-state index in [4.69, 9.17) is 10.5 Å². The lowest BCUT2D eigenvalue weighted by atomic mass is 10.3. The summed E-state index contributed by atoms with van der Waals surface area (Å²) in [5, 5.41) is 0. The predicted molar refractivity (Wildman–Crippen MR) is 45.4 cm³/mol. The van der Waals surface area contributed by atoms with Gasteiger partial charge in [-0.25, -0.2) is 0 Å². The highest BCUT2D eigenvalue weighted by Crippen LogP contribution is 2.00. The van der Waals surface area contributed by atoms with E-state index in [0.717, 1.165) is 31.7 Å². The third kappa shape index (κ3) is 2.62. The number of nitrogens with two attached hydrogens (primary N) is 1. The third-order valence-corrected chi connectivity index (χ3v) is 1.54. The van der Waals surface area contributed by atoms with Crippen molar-refractivity contribution in [3.8, 4) is 0 Å². The largest absolute Gasteiger partial charge is 0.478 e. The molecule has 0 amide bonds. The van der Waals surface area contributed by atoms with Gasteiger partial charge in [0.05, 0.1) is 6.61 Å². The Morgan fingerprint density at radius 2 is 2.64 bits per heavy atom. The molecule has 1 heterocycles. The standard InChI is InChI=1S/C8H14N2O/c1-2-7(9)6-8-10-4-3-5-11-8/h6H,2-5,9H2,1H3/b7-6+. The summed E-state index contributed by atoms with van der Waals surface area (Å²) >= 11 is 0. The van der Waals surface area contributed by atoms with Crippen molar-refractivity contribution in [2.75, 3.05) is 13.2 Å². The van der Waals surface area contributed by atoms with E-state index in [1.165, 1.54) is 0 Å². The molecule has 2 N–H and O–H groups in total. The molecule has 0 fully saturated rings. The second-order valence-electron chi connectivity index (χ2n) is 2.49. The van der Waals surface area contributed by atoms with Crippen molar-refractivity contribution >= 4 is 5.90 Å². The van der Waals surface area contributed by atoms with Crippen LogP contribution in [-0.4, -0.2) is 19.0 Å². The molecule has 3 nitrogen and oxygen atoms in total. The molecule has 0 spiro atoms. The quantitative estimate of drug-likeness (QED) is 0.646. The van der Waals surface area contributed by atoms with E-state index in [-0.39, 0.29) is 0 Å². The van der Waals surface area contributed by atoms with Gasteiger partial charge in [0.25, 0.3) is 0 Å². The molecule has 0 saturated carbocycles. The highest BCUT2D eigenvalue weighted by molar-refractivity contribution is 5.88. The molecule has 0 unspecified atom stereocenters. The zero-order valence-corrected chi connectivity index (χ0v) is 6.84. The molecule has 11 heavy (non-hydrogen) atoms. The normalized spacial score (nSPS) is 19.0. The lowest BCUT2D eigenvalue weighted by Gasteiger charge is -2.10. The lowest BCUT2D eigenvalue weighted by Crippen LogP contribution is -2.13. The molecular weight excluding hydrogens is 140 g/mol. The van der Waals surface area contributed by atoms with E-state index in [9.17, 15) is 0 Å². The second-order valence-corrected chi connectivity index (χ2v) is 2.49. The molecule has 0 radical (unpaired) electrons. The number of ether oxygens (including phenoxy) is 1. The summed E-state index contributed by atoms with van der Waals surface area (Å²) in [6, 6.07) is 0. The van der Waals surface area contributed by atoms with Crippen LogP contribution in [0.4, 0.5) is 0 Å². The van der Waals surface area contributed by atoms with Crippen LogP contribution in [0.15, 0.2) is 16.8 Å². The van der Waals surface area contributed by atoms with E-state index in [2.05, 4.69) is 4.99 Å². The molecule has 62 valence electrons. The molecular formula is C8H14N2O. The zero-order valence-electron chi connectivity index (χ0n) is 6.84. The van der Waals surface area contributed by atoms with Gasteiger partial charge in [-0.1, -0.05) is 6.92 Å². The molecule has 0 bridgehead atoms. The monoisotopic (exact) mass is 154 g/mol. The van der Waals surface area contributed by atoms with Gasteiger partial charge >= 0.3 is 0 Å². The average Bonchev–Trinajstić information content (AvgIpc) is 2.06. The van der Waals surface area contributed by atoms with Gasteiger partial charge in [-0.2, -0.15) is 0 Å². The Morgan fingerprint density at radius 1 is 1.82 bits per heavy atom. The van der Waals surface area contributed by atoms with E-state index in [0.29, 0.717) is 5.90 Å². The van der Waals surface area contributed by atoms with Gasteiger partial charge in [0.2, 0.25) is 5.90 Å². The fraction of sp³-hybridized carbons (Fsp3) is 0.625. The van der Waals surface area contributed by atoms with Crippen LogP contribution in [-0.2, 0) is 4.74 Å². The number of allylic oxidation sites excluding steroid dienone is 1. The smallest absolute Gasteiger partial charge is 0.210 e. The summed E-state index contributed by atoms with van der Waals surface area (Å²) in [7, 11) is 0. The molecule has 0 atom stereocenters. The van der Waals surface area contributed by atoms with Crippen LogP contribution in [0.5, 0.6) is 0 Å². The van der Waals surface area contributed by atoms with Gasteiger partial charge in [0, 0.05) is 24.7 Å². The van der Waals surface area contributed by atoms with Crippen LogP contribution in [0.25, 0.3) is 0 Å². The Bertz CT molecular complexity index is 185. The number of rotatable bonds is 2. The maximum atomic E-state index is 5.60. The minimum Gasteiger partial charge on any atom is -0.478 e. The second kappa shape index (κ2) is 4.01. The fourth-order valence-corrected chi connectivity index (χ4v) is 0.824. The summed E-state index contributed by atoms with van der Waals surface area (Å²) in [4.78, 5) is 4.16. The van der Waals surface area contributed by atoms with Gasteiger partial charge in [-0.05, 0) is 6.42 Å². The Kier molecular flexibility index (Phi) is 2.95. The highest BCUT2D eigenvalue weighted by Gasteiger charge is 2.02. The van der Waals surface area contributed by atoms with Gasteiger partial charge < -0.3 is 10.5 Å². The van der Waals surface area contributed by atoms with E-state index >= 15 is 0 Å². The number of hydrogen-bond acceptors (Lipinski definition) is 3. The van der Waals surface area contributed by atoms with Crippen LogP contribution >= 0.6 is 0 Å². The summed E-state index contributed by atoms with van der Waals surface area (Å²) in [6.07, 6.45) is 3.67. The van der Waals surface area contributed by atoms with Crippen LogP contribution in [0.3, 0.4) is 0 Å². The molecule has 0 aromatic heterocycles. The van der Waals surface area contributed by atoms with E-state index < -0.39 is 0 Å². The Morgan fingerprint density at radius 3 is 3.18 bits per heavy atom. The first-order valence-corrected chi connectivity index (χ1v) is 3.96. The van der Waals surface area contributed by atoms with Gasteiger partial charge in [0.15, 0.2) is 0 Å². The van der Waals surface area contributed by atoms with E-state index in [1.54, 1.807) is 6.08 Å². The molecule has 3 heteroatoms. The van der Waals surface area contributed by atoms with Crippen molar-refractivity contribution in [1.29, 1.82) is 0 Å². The average molecular weight is 154 g/mol. The van der Waals surface area contributed by atoms with Crippen molar-refractivity contribution in [2.24, 2.45) is 10.7 Å². The topological polar surface area (TPSA) is 47.6 Å². The maximum absolute atomic E-state index is 5.60. The molecule has 1 rings (SSSR count). The van der Waals surface area contributed by atoms with Crippen LogP contribution in [0, 0.1) is 0 Å². The minimum absolute atomic E-state index is 0.690. The van der Waals surface area contributed by atoms with Crippen molar-refractivity contribution in [3.63, 3.8) is 0 Å². The first-order chi connectivity index (χ1) is 5.33. The molecule has 0 saturated heterocycles. The van der Waals surface area contributed by atoms with Crippen molar-refractivity contribution in [3.05, 3.63) is 11.8 Å². The Balaban J connectivity index is 2.53. The highest BCUT2D eigenvalue weighted by atomic mass is 16.5. The molecule has 0 aromatic carbocycles. The molecule has 1 aliphatic heterocycles. The van der Waals surface area contributed by atoms with Crippen LogP contribution in [0.2, 0.25) is 0 Å². The first-order valence-electron chi connectivity index (χ1n) is 3.96. The fourth-order valence-electron chi connectivity index (χ4n) is 0.824. The number of hydrogen-bond donors (Lipinski definition) is 1. The van der Waals surface area contributed by atoms with Gasteiger partial charge in [-0.3, -0.25) is 4.99 Å². The van der Waals surface area contributed by atoms with Gasteiger partial charge in [-0.15, -0.1) is 0 Å². The van der Waals surface area contributed by atoms with Crippen molar-refractivity contribution in [2.45, 2.75) is 19.8 Å². The third-order valence-electron chi connectivity index (χ3n) is 1.54. The molecule has 0 aromatic rings. The minimum atomic E-state index is 0.690. The van der Waals surface area contributed by atoms with Crippen LogP contribution in [0.1, 0.15) is 19.8 Å². The van der Waals surface area contributed by atoms with E-state index in [1.807, 2.05) is 6.92 Å². The summed E-state index contributed by atoms with van der Waals surface area (Å²) in [6.45, 7) is 3.64. The SMILES string of the molecule is CC/C(N)=C\C1=NCCCO1. The summed E-state index contributed by atoms with van der Waals surface area (Å²) in [5.41, 5.74) is 6.43. The lowest BCUT2D eigenvalue weighted by molar-refractivity contribution is 0.285. The number of nitrogens with zero attached hydrogens (tertiary/aromatic N) is 1. The first kappa shape index (κ1) is 8.11. The van der Waals surface area contributed by atoms with Crippen molar-refractivity contribution < 1.29 is 4.74 Å².